The van der Waals surface area contributed by atoms with Crippen LogP contribution in [0.15, 0.2) is 25.3 Å². The number of aliphatic hydroxyl groups is 1. The summed E-state index contributed by atoms with van der Waals surface area (Å²) in [6.45, 7) is 13.4. The maximum atomic E-state index is 12.8. The molecule has 1 saturated carbocycles. The van der Waals surface area contributed by atoms with Gasteiger partial charge in [-0.25, -0.2) is 0 Å². The molecule has 3 heteroatoms. The fourth-order valence-electron chi connectivity index (χ4n) is 3.50. The van der Waals surface area contributed by atoms with Crippen LogP contribution in [0.1, 0.15) is 72.1 Å². The third-order valence-electron chi connectivity index (χ3n) is 4.69. The van der Waals surface area contributed by atoms with E-state index in [2.05, 4.69) is 13.2 Å². The minimum atomic E-state index is -0.570. The SMILES string of the molecule is C=CCC(CC=C)(CCC1CCCC(O)C1)C(=O)OC(C)(C)C. The van der Waals surface area contributed by atoms with Gasteiger partial charge >= 0.3 is 5.97 Å². The van der Waals surface area contributed by atoms with Crippen molar-refractivity contribution in [1.29, 1.82) is 0 Å². The molecule has 0 heterocycles. The fourth-order valence-corrected chi connectivity index (χ4v) is 3.50. The average Bonchev–Trinajstić information content (AvgIpc) is 2.43. The quantitative estimate of drug-likeness (QED) is 0.516. The molecule has 0 aliphatic heterocycles. The molecule has 1 rings (SSSR count). The van der Waals surface area contributed by atoms with Crippen LogP contribution in [0.3, 0.4) is 0 Å². The molecule has 0 spiro atoms. The third kappa shape index (κ3) is 6.50. The van der Waals surface area contributed by atoms with Crippen molar-refractivity contribution < 1.29 is 14.6 Å². The van der Waals surface area contributed by atoms with Crippen LogP contribution in [0.4, 0.5) is 0 Å². The summed E-state index contributed by atoms with van der Waals surface area (Å²) >= 11 is 0. The molecule has 1 aliphatic rings. The number of hydrogen-bond acceptors (Lipinski definition) is 3. The molecule has 0 amide bonds. The van der Waals surface area contributed by atoms with E-state index >= 15 is 0 Å². The smallest absolute Gasteiger partial charge is 0.313 e. The van der Waals surface area contributed by atoms with Gasteiger partial charge in [-0.05, 0) is 65.2 Å². The van der Waals surface area contributed by atoms with Crippen LogP contribution in [-0.4, -0.2) is 22.8 Å². The monoisotopic (exact) mass is 322 g/mol. The van der Waals surface area contributed by atoms with Crippen molar-refractivity contribution in [3.05, 3.63) is 25.3 Å². The Morgan fingerprint density at radius 2 is 1.83 bits per heavy atom. The van der Waals surface area contributed by atoms with E-state index in [4.69, 9.17) is 4.74 Å². The number of rotatable bonds is 8. The lowest BCUT2D eigenvalue weighted by molar-refractivity contribution is -0.168. The molecule has 0 aromatic heterocycles. The van der Waals surface area contributed by atoms with E-state index < -0.39 is 11.0 Å². The van der Waals surface area contributed by atoms with E-state index in [0.29, 0.717) is 18.8 Å². The van der Waals surface area contributed by atoms with E-state index in [0.717, 1.165) is 38.5 Å². The fraction of sp³-hybridized carbons (Fsp3) is 0.750. The summed E-state index contributed by atoms with van der Waals surface area (Å²) in [6.07, 6.45) is 10.3. The molecule has 1 aliphatic carbocycles. The van der Waals surface area contributed by atoms with Crippen LogP contribution in [0.25, 0.3) is 0 Å². The Bertz CT molecular complexity index is 396. The van der Waals surface area contributed by atoms with Gasteiger partial charge < -0.3 is 9.84 Å². The Morgan fingerprint density at radius 1 is 1.22 bits per heavy atom. The van der Waals surface area contributed by atoms with Crippen LogP contribution in [0.2, 0.25) is 0 Å². The minimum absolute atomic E-state index is 0.152. The highest BCUT2D eigenvalue weighted by atomic mass is 16.6. The molecule has 1 N–H and O–H groups in total. The molecule has 2 atom stereocenters. The van der Waals surface area contributed by atoms with Gasteiger partial charge in [-0.3, -0.25) is 4.79 Å². The van der Waals surface area contributed by atoms with Gasteiger partial charge in [0.1, 0.15) is 5.60 Å². The zero-order valence-electron chi connectivity index (χ0n) is 15.1. The van der Waals surface area contributed by atoms with Gasteiger partial charge in [-0.2, -0.15) is 0 Å². The number of esters is 1. The summed E-state index contributed by atoms with van der Waals surface area (Å²) in [4.78, 5) is 12.8. The summed E-state index contributed by atoms with van der Waals surface area (Å²) in [6, 6.07) is 0. The van der Waals surface area contributed by atoms with Gasteiger partial charge in [0.25, 0.3) is 0 Å². The van der Waals surface area contributed by atoms with Crippen LogP contribution < -0.4 is 0 Å². The van der Waals surface area contributed by atoms with Crippen molar-refractivity contribution in [3.8, 4) is 0 Å². The Morgan fingerprint density at radius 3 is 2.30 bits per heavy atom. The van der Waals surface area contributed by atoms with Crippen molar-refractivity contribution >= 4 is 5.97 Å². The summed E-state index contributed by atoms with van der Waals surface area (Å²) < 4.78 is 5.69. The first kappa shape index (κ1) is 20.0. The summed E-state index contributed by atoms with van der Waals surface area (Å²) in [5.41, 5.74) is -1.06. The van der Waals surface area contributed by atoms with Gasteiger partial charge in [0.2, 0.25) is 0 Å². The van der Waals surface area contributed by atoms with Crippen molar-refractivity contribution in [2.75, 3.05) is 0 Å². The predicted octanol–water partition coefficient (Wildman–Crippen LogP) is 4.80. The lowest BCUT2D eigenvalue weighted by Gasteiger charge is -2.35. The maximum absolute atomic E-state index is 12.8. The standard InChI is InChI=1S/C20H34O3/c1-6-12-20(13-7-2,18(22)23-19(3,4)5)14-11-16-9-8-10-17(21)15-16/h6-7,16-17,21H,1-2,8-15H2,3-5H3. The molecule has 0 saturated heterocycles. The molecular formula is C20H34O3. The number of aliphatic hydroxyl groups excluding tert-OH is 1. The van der Waals surface area contributed by atoms with Crippen LogP contribution in [0, 0.1) is 11.3 Å². The average molecular weight is 322 g/mol. The van der Waals surface area contributed by atoms with Gasteiger partial charge in [0.05, 0.1) is 11.5 Å². The molecule has 2 unspecified atom stereocenters. The highest BCUT2D eigenvalue weighted by Gasteiger charge is 2.40. The first-order valence-corrected chi connectivity index (χ1v) is 8.86. The minimum Gasteiger partial charge on any atom is -0.460 e. The lowest BCUT2D eigenvalue weighted by Crippen LogP contribution is -2.38. The van der Waals surface area contributed by atoms with Crippen LogP contribution in [-0.2, 0) is 9.53 Å². The van der Waals surface area contributed by atoms with E-state index in [-0.39, 0.29) is 12.1 Å². The van der Waals surface area contributed by atoms with E-state index in [9.17, 15) is 9.90 Å². The number of hydrogen-bond donors (Lipinski definition) is 1. The summed E-state index contributed by atoms with van der Waals surface area (Å²) in [7, 11) is 0. The highest BCUT2D eigenvalue weighted by molar-refractivity contribution is 5.77. The molecule has 0 radical (unpaired) electrons. The number of carbonyl (C=O) groups is 1. The predicted molar refractivity (Wildman–Crippen MR) is 95.1 cm³/mol. The van der Waals surface area contributed by atoms with Crippen LogP contribution >= 0.6 is 0 Å². The third-order valence-corrected chi connectivity index (χ3v) is 4.69. The summed E-state index contributed by atoms with van der Waals surface area (Å²) in [5.74, 6) is 0.344. The van der Waals surface area contributed by atoms with Crippen molar-refractivity contribution in [1.82, 2.24) is 0 Å². The molecule has 0 bridgehead atoms. The molecular weight excluding hydrogens is 288 g/mol. The Labute approximate surface area is 141 Å². The van der Waals surface area contributed by atoms with E-state index in [1.807, 2.05) is 32.9 Å². The first-order valence-electron chi connectivity index (χ1n) is 8.86. The lowest BCUT2D eigenvalue weighted by atomic mass is 9.73. The van der Waals surface area contributed by atoms with E-state index in [1.165, 1.54) is 0 Å². The molecule has 0 aromatic carbocycles. The topological polar surface area (TPSA) is 46.5 Å². The zero-order valence-corrected chi connectivity index (χ0v) is 15.1. The molecule has 23 heavy (non-hydrogen) atoms. The van der Waals surface area contributed by atoms with Crippen molar-refractivity contribution in [2.24, 2.45) is 11.3 Å². The van der Waals surface area contributed by atoms with Gasteiger partial charge in [-0.15, -0.1) is 13.2 Å². The number of allylic oxidation sites excluding steroid dienone is 2. The molecule has 1 fully saturated rings. The van der Waals surface area contributed by atoms with Crippen molar-refractivity contribution in [3.63, 3.8) is 0 Å². The molecule has 0 aromatic rings. The van der Waals surface area contributed by atoms with Gasteiger partial charge in [0.15, 0.2) is 0 Å². The highest BCUT2D eigenvalue weighted by Crippen LogP contribution is 2.39. The summed E-state index contributed by atoms with van der Waals surface area (Å²) in [5, 5.41) is 9.85. The second-order valence-corrected chi connectivity index (χ2v) is 7.99. The van der Waals surface area contributed by atoms with Gasteiger partial charge in [-0.1, -0.05) is 25.0 Å². The Hall–Kier alpha value is -1.09. The second kappa shape index (κ2) is 8.68. The van der Waals surface area contributed by atoms with Crippen LogP contribution in [0.5, 0.6) is 0 Å². The number of ether oxygens (including phenoxy) is 1. The van der Waals surface area contributed by atoms with Gasteiger partial charge in [0, 0.05) is 0 Å². The normalized spacial score (nSPS) is 22.4. The Balaban J connectivity index is 2.82. The largest absolute Gasteiger partial charge is 0.460 e. The van der Waals surface area contributed by atoms with E-state index in [1.54, 1.807) is 0 Å². The van der Waals surface area contributed by atoms with Crippen molar-refractivity contribution in [2.45, 2.75) is 83.8 Å². The first-order chi connectivity index (χ1) is 10.7. The zero-order chi connectivity index (χ0) is 17.5. The number of carbonyl (C=O) groups excluding carboxylic acids is 1. The maximum Gasteiger partial charge on any atom is 0.313 e. The Kier molecular flexibility index (Phi) is 7.53. The molecule has 132 valence electrons. The molecule has 3 nitrogen and oxygen atoms in total. The second-order valence-electron chi connectivity index (χ2n) is 7.99.